The lowest BCUT2D eigenvalue weighted by molar-refractivity contribution is -0.142. The molecule has 176 valence electrons. The first kappa shape index (κ1) is 24.3. The van der Waals surface area contributed by atoms with Gasteiger partial charge in [-0.3, -0.25) is 4.79 Å². The van der Waals surface area contributed by atoms with Crippen molar-refractivity contribution < 1.29 is 24.2 Å². The van der Waals surface area contributed by atoms with E-state index in [9.17, 15) is 19.5 Å². The average Bonchev–Trinajstić information content (AvgIpc) is 3.08. The van der Waals surface area contributed by atoms with Crippen molar-refractivity contribution in [3.8, 4) is 11.1 Å². The van der Waals surface area contributed by atoms with E-state index < -0.39 is 30.1 Å². The van der Waals surface area contributed by atoms with Crippen LogP contribution in [0.15, 0.2) is 48.5 Å². The first-order valence-electron chi connectivity index (χ1n) is 11.0. The third kappa shape index (κ3) is 5.70. The molecule has 2 aromatic rings. The lowest BCUT2D eigenvalue weighted by Gasteiger charge is -2.25. The smallest absolute Gasteiger partial charge is 0.407 e. The van der Waals surface area contributed by atoms with E-state index in [0.717, 1.165) is 22.3 Å². The molecule has 0 saturated heterocycles. The molecule has 1 aliphatic carbocycles. The fourth-order valence-electron chi connectivity index (χ4n) is 4.11. The summed E-state index contributed by atoms with van der Waals surface area (Å²) < 4.78 is 5.53. The first-order chi connectivity index (χ1) is 15.7. The molecule has 0 heterocycles. The molecule has 2 atom stereocenters. The molecule has 0 radical (unpaired) electrons. The molecule has 0 aliphatic heterocycles. The van der Waals surface area contributed by atoms with Gasteiger partial charge in [0.05, 0.1) is 0 Å². The van der Waals surface area contributed by atoms with Gasteiger partial charge in [0.2, 0.25) is 5.91 Å². The minimum Gasteiger partial charge on any atom is -0.480 e. The summed E-state index contributed by atoms with van der Waals surface area (Å²) in [5.74, 6) is -2.06. The normalized spacial score (nSPS) is 14.4. The standard InChI is InChI=1S/C25H31N3O5/c1-15(2)22(23(29)26-21(24(30)31)13-28(3)4)27-25(32)33-14-20-18-11-7-5-9-16(18)17-10-6-8-12-19(17)20/h5-12,15,20-22H,13-14H2,1-4H3,(H,26,29)(H,27,32)(H,30,31)/t21?,22-/m1/s1. The van der Waals surface area contributed by atoms with Crippen LogP contribution in [0, 0.1) is 5.92 Å². The van der Waals surface area contributed by atoms with Gasteiger partial charge in [0.25, 0.3) is 0 Å². The zero-order chi connectivity index (χ0) is 24.1. The minimum absolute atomic E-state index is 0.0917. The lowest BCUT2D eigenvalue weighted by atomic mass is 9.98. The lowest BCUT2D eigenvalue weighted by Crippen LogP contribution is -2.55. The largest absolute Gasteiger partial charge is 0.480 e. The zero-order valence-electron chi connectivity index (χ0n) is 19.4. The maximum absolute atomic E-state index is 12.7. The Morgan fingerprint density at radius 2 is 1.52 bits per heavy atom. The number of carboxylic acids is 1. The quantitative estimate of drug-likeness (QED) is 0.539. The highest BCUT2D eigenvalue weighted by atomic mass is 16.5. The van der Waals surface area contributed by atoms with E-state index in [-0.39, 0.29) is 25.0 Å². The van der Waals surface area contributed by atoms with Crippen LogP contribution in [-0.4, -0.2) is 67.3 Å². The Morgan fingerprint density at radius 3 is 2.00 bits per heavy atom. The van der Waals surface area contributed by atoms with E-state index in [2.05, 4.69) is 22.8 Å². The molecule has 3 N–H and O–H groups in total. The number of aliphatic carboxylic acids is 1. The number of hydrogen-bond acceptors (Lipinski definition) is 5. The number of carbonyl (C=O) groups is 3. The second-order valence-corrected chi connectivity index (χ2v) is 8.85. The topological polar surface area (TPSA) is 108 Å². The fraction of sp³-hybridized carbons (Fsp3) is 0.400. The van der Waals surface area contributed by atoms with Crippen LogP contribution in [0.1, 0.15) is 30.9 Å². The molecular weight excluding hydrogens is 422 g/mol. The molecule has 2 amide bonds. The summed E-state index contributed by atoms with van der Waals surface area (Å²) in [4.78, 5) is 38.5. The van der Waals surface area contributed by atoms with Crippen LogP contribution in [0.4, 0.5) is 4.79 Å². The highest BCUT2D eigenvalue weighted by Gasteiger charge is 2.31. The van der Waals surface area contributed by atoms with Crippen LogP contribution in [-0.2, 0) is 14.3 Å². The molecule has 0 fully saturated rings. The van der Waals surface area contributed by atoms with Gasteiger partial charge in [0, 0.05) is 12.5 Å². The van der Waals surface area contributed by atoms with Crippen molar-refractivity contribution in [2.45, 2.75) is 31.8 Å². The van der Waals surface area contributed by atoms with Crippen LogP contribution in [0.3, 0.4) is 0 Å². The van der Waals surface area contributed by atoms with Crippen molar-refractivity contribution in [1.29, 1.82) is 0 Å². The Bertz CT molecular complexity index is 975. The van der Waals surface area contributed by atoms with Crippen LogP contribution in [0.2, 0.25) is 0 Å². The van der Waals surface area contributed by atoms with Gasteiger partial charge >= 0.3 is 12.1 Å². The summed E-state index contributed by atoms with van der Waals surface area (Å²) in [5.41, 5.74) is 4.44. The predicted molar refractivity (Wildman–Crippen MR) is 125 cm³/mol. The third-order valence-electron chi connectivity index (χ3n) is 5.73. The molecule has 3 rings (SSSR count). The molecular formula is C25H31N3O5. The minimum atomic E-state index is -1.14. The van der Waals surface area contributed by atoms with Crippen molar-refractivity contribution in [3.63, 3.8) is 0 Å². The van der Waals surface area contributed by atoms with Gasteiger partial charge in [-0.2, -0.15) is 0 Å². The number of fused-ring (bicyclic) bond motifs is 3. The number of nitrogens with one attached hydrogen (secondary N) is 2. The van der Waals surface area contributed by atoms with Crippen LogP contribution < -0.4 is 10.6 Å². The summed E-state index contributed by atoms with van der Waals surface area (Å²) in [7, 11) is 3.44. The molecule has 0 spiro atoms. The van der Waals surface area contributed by atoms with E-state index in [1.54, 1.807) is 32.8 Å². The molecule has 33 heavy (non-hydrogen) atoms. The molecule has 1 unspecified atom stereocenters. The van der Waals surface area contributed by atoms with Crippen LogP contribution in [0.25, 0.3) is 11.1 Å². The van der Waals surface area contributed by atoms with Gasteiger partial charge in [-0.25, -0.2) is 9.59 Å². The van der Waals surface area contributed by atoms with E-state index in [1.165, 1.54) is 0 Å². The number of likely N-dealkylation sites (N-methyl/N-ethyl adjacent to an activating group) is 1. The number of hydrogen-bond donors (Lipinski definition) is 3. The van der Waals surface area contributed by atoms with Gasteiger partial charge in [-0.1, -0.05) is 62.4 Å². The van der Waals surface area contributed by atoms with Crippen molar-refractivity contribution in [1.82, 2.24) is 15.5 Å². The number of alkyl carbamates (subject to hydrolysis) is 1. The molecule has 8 nitrogen and oxygen atoms in total. The Morgan fingerprint density at radius 1 is 0.970 bits per heavy atom. The summed E-state index contributed by atoms with van der Waals surface area (Å²) >= 11 is 0. The summed E-state index contributed by atoms with van der Waals surface area (Å²) in [6, 6.07) is 14.1. The Balaban J connectivity index is 1.65. The number of carbonyl (C=O) groups excluding carboxylic acids is 2. The predicted octanol–water partition coefficient (Wildman–Crippen LogP) is 2.68. The highest BCUT2D eigenvalue weighted by Crippen LogP contribution is 2.44. The second kappa shape index (κ2) is 10.5. The molecule has 2 aromatic carbocycles. The SMILES string of the molecule is CC(C)[C@@H](NC(=O)OCC1c2ccccc2-c2ccccc21)C(=O)NC(CN(C)C)C(=O)O. The van der Waals surface area contributed by atoms with Gasteiger partial charge in [0.15, 0.2) is 0 Å². The van der Waals surface area contributed by atoms with E-state index >= 15 is 0 Å². The van der Waals surface area contributed by atoms with Crippen LogP contribution in [0.5, 0.6) is 0 Å². The van der Waals surface area contributed by atoms with Crippen molar-refractivity contribution in [2.75, 3.05) is 27.2 Å². The Labute approximate surface area is 193 Å². The molecule has 0 saturated carbocycles. The summed E-state index contributed by atoms with van der Waals surface area (Å²) in [5, 5.41) is 14.5. The monoisotopic (exact) mass is 453 g/mol. The fourth-order valence-corrected chi connectivity index (χ4v) is 4.11. The summed E-state index contributed by atoms with van der Waals surface area (Å²) in [6.45, 7) is 3.81. The number of rotatable bonds is 9. The summed E-state index contributed by atoms with van der Waals surface area (Å²) in [6.07, 6.45) is -0.717. The van der Waals surface area contributed by atoms with E-state index in [0.29, 0.717) is 0 Å². The van der Waals surface area contributed by atoms with Gasteiger partial charge in [0.1, 0.15) is 18.7 Å². The van der Waals surface area contributed by atoms with Crippen molar-refractivity contribution in [2.24, 2.45) is 5.92 Å². The number of benzene rings is 2. The highest BCUT2D eigenvalue weighted by molar-refractivity contribution is 5.89. The van der Waals surface area contributed by atoms with Gasteiger partial charge in [-0.05, 0) is 42.3 Å². The third-order valence-corrected chi connectivity index (χ3v) is 5.73. The van der Waals surface area contributed by atoms with E-state index in [1.807, 2.05) is 36.4 Å². The van der Waals surface area contributed by atoms with Crippen molar-refractivity contribution >= 4 is 18.0 Å². The molecule has 0 bridgehead atoms. The Kier molecular flexibility index (Phi) is 7.71. The van der Waals surface area contributed by atoms with Crippen molar-refractivity contribution in [3.05, 3.63) is 59.7 Å². The Hall–Kier alpha value is -3.39. The second-order valence-electron chi connectivity index (χ2n) is 8.85. The van der Waals surface area contributed by atoms with Crippen LogP contribution >= 0.6 is 0 Å². The number of ether oxygens (including phenoxy) is 1. The molecule has 8 heteroatoms. The van der Waals surface area contributed by atoms with Gasteiger partial charge < -0.3 is 25.4 Å². The average molecular weight is 454 g/mol. The number of nitrogens with zero attached hydrogens (tertiary/aromatic N) is 1. The molecule has 1 aliphatic rings. The van der Waals surface area contributed by atoms with Gasteiger partial charge in [-0.15, -0.1) is 0 Å². The number of amides is 2. The molecule has 0 aromatic heterocycles. The first-order valence-corrected chi connectivity index (χ1v) is 11.0. The maximum atomic E-state index is 12.7. The zero-order valence-corrected chi connectivity index (χ0v) is 19.4. The number of carboxylic acid groups (broad SMARTS) is 1. The van der Waals surface area contributed by atoms with E-state index in [4.69, 9.17) is 4.74 Å². The maximum Gasteiger partial charge on any atom is 0.407 e.